The topological polar surface area (TPSA) is 26.3 Å². The standard InChI is InChI=1S/C46H92O2/c1-4-7-10-13-16-18-20-22-24-26-27-29-31-34-37-40-43-45(42-39-36-33-15-12-9-6-3)48-46(47)44-41-38-35-32-30-28-25-23-21-19-17-14-11-8-5-2/h45H,4-44H2,1-3H3. The SMILES string of the molecule is CCCCCCCCCCCCCCCCCCC(CCCCCCCCC)OC(=O)CCCCCCCCCCCCCCCCC. The molecule has 0 radical (unpaired) electrons. The lowest BCUT2D eigenvalue weighted by atomic mass is 10.0. The van der Waals surface area contributed by atoms with Crippen LogP contribution in [0.25, 0.3) is 0 Å². The fraction of sp³-hybridized carbons (Fsp3) is 0.978. The third-order valence-corrected chi connectivity index (χ3v) is 10.8. The molecule has 0 amide bonds. The summed E-state index contributed by atoms with van der Waals surface area (Å²) in [6.45, 7) is 6.89. The molecule has 0 spiro atoms. The van der Waals surface area contributed by atoms with Crippen molar-refractivity contribution in [1.82, 2.24) is 0 Å². The molecule has 0 aromatic heterocycles. The molecule has 0 aliphatic heterocycles. The molecule has 0 fully saturated rings. The highest BCUT2D eigenvalue weighted by Crippen LogP contribution is 2.20. The van der Waals surface area contributed by atoms with Crippen molar-refractivity contribution in [3.8, 4) is 0 Å². The van der Waals surface area contributed by atoms with E-state index in [-0.39, 0.29) is 12.1 Å². The van der Waals surface area contributed by atoms with Gasteiger partial charge in [0.05, 0.1) is 0 Å². The van der Waals surface area contributed by atoms with Crippen molar-refractivity contribution in [3.05, 3.63) is 0 Å². The quantitative estimate of drug-likeness (QED) is 0.0475. The molecule has 0 aliphatic carbocycles. The Hall–Kier alpha value is -0.530. The van der Waals surface area contributed by atoms with Gasteiger partial charge in [0, 0.05) is 6.42 Å². The zero-order valence-electron chi connectivity index (χ0n) is 33.9. The first-order valence-corrected chi connectivity index (χ1v) is 22.9. The molecular weight excluding hydrogens is 585 g/mol. The van der Waals surface area contributed by atoms with E-state index in [9.17, 15) is 4.79 Å². The van der Waals surface area contributed by atoms with Crippen LogP contribution in [0.4, 0.5) is 0 Å². The van der Waals surface area contributed by atoms with Gasteiger partial charge in [-0.05, 0) is 32.1 Å². The van der Waals surface area contributed by atoms with Crippen molar-refractivity contribution >= 4 is 5.97 Å². The van der Waals surface area contributed by atoms with Crippen LogP contribution in [-0.4, -0.2) is 12.1 Å². The van der Waals surface area contributed by atoms with Crippen LogP contribution in [0.2, 0.25) is 0 Å². The zero-order chi connectivity index (χ0) is 34.9. The molecule has 0 rings (SSSR count). The van der Waals surface area contributed by atoms with Gasteiger partial charge in [0.2, 0.25) is 0 Å². The predicted octanol–water partition coefficient (Wildman–Crippen LogP) is 17.0. The second-order valence-electron chi connectivity index (χ2n) is 15.8. The highest BCUT2D eigenvalue weighted by molar-refractivity contribution is 5.69. The van der Waals surface area contributed by atoms with E-state index in [4.69, 9.17) is 4.74 Å². The third kappa shape index (κ3) is 39.9. The minimum absolute atomic E-state index is 0.0779. The lowest BCUT2D eigenvalue weighted by Crippen LogP contribution is -2.18. The first kappa shape index (κ1) is 47.5. The Labute approximate surface area is 304 Å². The molecule has 0 aromatic carbocycles. The minimum Gasteiger partial charge on any atom is -0.462 e. The Bertz CT molecular complexity index is 587. The minimum atomic E-state index is 0.0779. The predicted molar refractivity (Wildman–Crippen MR) is 216 cm³/mol. The molecule has 1 atom stereocenters. The van der Waals surface area contributed by atoms with Crippen LogP contribution in [-0.2, 0) is 9.53 Å². The fourth-order valence-electron chi connectivity index (χ4n) is 7.40. The summed E-state index contributed by atoms with van der Waals surface area (Å²) < 4.78 is 6.10. The molecule has 0 heterocycles. The summed E-state index contributed by atoms with van der Waals surface area (Å²) in [6, 6.07) is 0. The molecule has 48 heavy (non-hydrogen) atoms. The van der Waals surface area contributed by atoms with E-state index < -0.39 is 0 Å². The van der Waals surface area contributed by atoms with Gasteiger partial charge in [-0.1, -0.05) is 245 Å². The Morgan fingerprint density at radius 2 is 0.521 bits per heavy atom. The molecule has 2 heteroatoms. The van der Waals surface area contributed by atoms with Crippen molar-refractivity contribution in [2.75, 3.05) is 0 Å². The van der Waals surface area contributed by atoms with E-state index in [1.165, 1.54) is 238 Å². The normalized spacial score (nSPS) is 12.1. The van der Waals surface area contributed by atoms with E-state index in [1.807, 2.05) is 0 Å². The van der Waals surface area contributed by atoms with E-state index in [2.05, 4.69) is 20.8 Å². The van der Waals surface area contributed by atoms with Crippen molar-refractivity contribution in [3.63, 3.8) is 0 Å². The summed E-state index contributed by atoms with van der Waals surface area (Å²) in [4.78, 5) is 12.7. The van der Waals surface area contributed by atoms with E-state index in [0.717, 1.165) is 19.3 Å². The Balaban J connectivity index is 3.89. The van der Waals surface area contributed by atoms with Gasteiger partial charge in [-0.15, -0.1) is 0 Å². The molecule has 0 bridgehead atoms. The van der Waals surface area contributed by atoms with Crippen LogP contribution >= 0.6 is 0 Å². The van der Waals surface area contributed by atoms with Gasteiger partial charge in [-0.2, -0.15) is 0 Å². The van der Waals surface area contributed by atoms with Gasteiger partial charge < -0.3 is 4.74 Å². The zero-order valence-corrected chi connectivity index (χ0v) is 33.9. The van der Waals surface area contributed by atoms with Gasteiger partial charge in [-0.25, -0.2) is 0 Å². The van der Waals surface area contributed by atoms with Crippen LogP contribution in [0.15, 0.2) is 0 Å². The maximum absolute atomic E-state index is 12.7. The largest absolute Gasteiger partial charge is 0.462 e. The molecular formula is C46H92O2. The maximum atomic E-state index is 12.7. The number of hydrogen-bond donors (Lipinski definition) is 0. The first-order valence-electron chi connectivity index (χ1n) is 22.9. The Morgan fingerprint density at radius 3 is 0.771 bits per heavy atom. The number of hydrogen-bond acceptors (Lipinski definition) is 2. The van der Waals surface area contributed by atoms with Crippen LogP contribution in [0.1, 0.15) is 284 Å². The van der Waals surface area contributed by atoms with Crippen LogP contribution in [0.3, 0.4) is 0 Å². The van der Waals surface area contributed by atoms with Crippen LogP contribution < -0.4 is 0 Å². The number of rotatable bonds is 42. The first-order chi connectivity index (χ1) is 23.7. The second-order valence-corrected chi connectivity index (χ2v) is 15.8. The molecule has 1 unspecified atom stereocenters. The monoisotopic (exact) mass is 677 g/mol. The summed E-state index contributed by atoms with van der Waals surface area (Å²) in [5.41, 5.74) is 0. The second kappa shape index (κ2) is 42.6. The lowest BCUT2D eigenvalue weighted by molar-refractivity contribution is -0.150. The van der Waals surface area contributed by atoms with Crippen LogP contribution in [0, 0.1) is 0 Å². The molecule has 0 N–H and O–H groups in total. The number of unbranched alkanes of at least 4 members (excludes halogenated alkanes) is 35. The Morgan fingerprint density at radius 1 is 0.312 bits per heavy atom. The van der Waals surface area contributed by atoms with E-state index in [0.29, 0.717) is 6.42 Å². The molecule has 0 aliphatic rings. The molecule has 288 valence electrons. The van der Waals surface area contributed by atoms with Crippen molar-refractivity contribution in [1.29, 1.82) is 0 Å². The van der Waals surface area contributed by atoms with Crippen molar-refractivity contribution < 1.29 is 9.53 Å². The van der Waals surface area contributed by atoms with E-state index >= 15 is 0 Å². The van der Waals surface area contributed by atoms with Crippen LogP contribution in [0.5, 0.6) is 0 Å². The van der Waals surface area contributed by atoms with Crippen molar-refractivity contribution in [2.24, 2.45) is 0 Å². The number of carbonyl (C=O) groups excluding carboxylic acids is 1. The fourth-order valence-corrected chi connectivity index (χ4v) is 7.40. The number of esters is 1. The van der Waals surface area contributed by atoms with Crippen molar-refractivity contribution in [2.45, 2.75) is 290 Å². The van der Waals surface area contributed by atoms with Gasteiger partial charge >= 0.3 is 5.97 Å². The smallest absolute Gasteiger partial charge is 0.306 e. The molecule has 0 saturated heterocycles. The lowest BCUT2D eigenvalue weighted by Gasteiger charge is -2.18. The summed E-state index contributed by atoms with van der Waals surface area (Å²) in [5, 5.41) is 0. The Kier molecular flexibility index (Phi) is 42.2. The summed E-state index contributed by atoms with van der Waals surface area (Å²) in [7, 11) is 0. The summed E-state index contributed by atoms with van der Waals surface area (Å²) in [5.74, 6) is 0.0779. The molecule has 0 saturated carbocycles. The van der Waals surface area contributed by atoms with Gasteiger partial charge in [-0.3, -0.25) is 4.79 Å². The summed E-state index contributed by atoms with van der Waals surface area (Å²) >= 11 is 0. The number of carbonyl (C=O) groups is 1. The average Bonchev–Trinajstić information content (AvgIpc) is 3.09. The van der Waals surface area contributed by atoms with E-state index in [1.54, 1.807) is 0 Å². The highest BCUT2D eigenvalue weighted by Gasteiger charge is 2.14. The maximum Gasteiger partial charge on any atom is 0.306 e. The molecule has 2 nitrogen and oxygen atoms in total. The molecule has 0 aromatic rings. The summed E-state index contributed by atoms with van der Waals surface area (Å²) in [6.07, 6.45) is 55.2. The van der Waals surface area contributed by atoms with Gasteiger partial charge in [0.1, 0.15) is 6.10 Å². The van der Waals surface area contributed by atoms with Gasteiger partial charge in [0.25, 0.3) is 0 Å². The van der Waals surface area contributed by atoms with Gasteiger partial charge in [0.15, 0.2) is 0 Å². The average molecular weight is 677 g/mol. The highest BCUT2D eigenvalue weighted by atomic mass is 16.5. The third-order valence-electron chi connectivity index (χ3n) is 10.8. The number of ether oxygens (including phenoxy) is 1.